The van der Waals surface area contributed by atoms with Crippen molar-refractivity contribution in [1.82, 2.24) is 0 Å². The molecule has 5 heteroatoms. The summed E-state index contributed by atoms with van der Waals surface area (Å²) in [4.78, 5) is 10.4. The molecule has 2 aromatic carbocycles. The molecule has 0 bridgehead atoms. The molecule has 0 unspecified atom stereocenters. The standard InChI is InChI=1S/C15H12F2O3/c1-19-14-10-5-3-4-6-11(10)15(20-2)13(17)12(14)7-9(16)8-18/h3-8H,1-2H3/b9-7-. The molecule has 3 nitrogen and oxygen atoms in total. The lowest BCUT2D eigenvalue weighted by Gasteiger charge is -2.14. The van der Waals surface area contributed by atoms with Crippen LogP contribution >= 0.6 is 0 Å². The number of ether oxygens (including phenoxy) is 2. The average molecular weight is 278 g/mol. The SMILES string of the molecule is COc1c(F)c(/C=C(\F)C=O)c(OC)c2ccccc12. The highest BCUT2D eigenvalue weighted by atomic mass is 19.1. The Morgan fingerprint density at radius 1 is 1.10 bits per heavy atom. The zero-order chi connectivity index (χ0) is 14.7. The molecule has 0 amide bonds. The number of allylic oxidation sites excluding steroid dienone is 1. The number of halogens is 2. The van der Waals surface area contributed by atoms with Crippen molar-refractivity contribution in [3.05, 3.63) is 41.5 Å². The second-order valence-electron chi connectivity index (χ2n) is 3.99. The van der Waals surface area contributed by atoms with Gasteiger partial charge in [-0.2, -0.15) is 0 Å². The Hall–Kier alpha value is -2.43. The van der Waals surface area contributed by atoms with Crippen LogP contribution in [-0.4, -0.2) is 20.5 Å². The lowest BCUT2D eigenvalue weighted by atomic mass is 10.0. The van der Waals surface area contributed by atoms with Gasteiger partial charge in [0, 0.05) is 10.8 Å². The minimum absolute atomic E-state index is 0.000542. The van der Waals surface area contributed by atoms with E-state index in [0.29, 0.717) is 10.8 Å². The van der Waals surface area contributed by atoms with Crippen molar-refractivity contribution in [3.8, 4) is 11.5 Å². The third-order valence-electron chi connectivity index (χ3n) is 2.90. The van der Waals surface area contributed by atoms with Gasteiger partial charge in [0.1, 0.15) is 5.75 Å². The van der Waals surface area contributed by atoms with Crippen molar-refractivity contribution in [1.29, 1.82) is 0 Å². The third-order valence-corrected chi connectivity index (χ3v) is 2.90. The molecule has 2 aromatic rings. The molecule has 0 aromatic heterocycles. The quantitative estimate of drug-likeness (QED) is 0.634. The van der Waals surface area contributed by atoms with Crippen molar-refractivity contribution >= 4 is 23.1 Å². The summed E-state index contributed by atoms with van der Waals surface area (Å²) in [6.07, 6.45) is 0.788. The fraction of sp³-hybridized carbons (Fsp3) is 0.133. The molecule has 0 radical (unpaired) electrons. The molecule has 0 aliphatic heterocycles. The van der Waals surface area contributed by atoms with Crippen molar-refractivity contribution in [3.63, 3.8) is 0 Å². The molecule has 0 aliphatic carbocycles. The van der Waals surface area contributed by atoms with E-state index in [4.69, 9.17) is 9.47 Å². The second kappa shape index (κ2) is 5.69. The summed E-state index contributed by atoms with van der Waals surface area (Å²) in [5.41, 5.74) is -0.160. The maximum atomic E-state index is 14.4. The molecule has 2 rings (SSSR count). The van der Waals surface area contributed by atoms with Crippen LogP contribution in [0.3, 0.4) is 0 Å². The normalized spacial score (nSPS) is 11.5. The van der Waals surface area contributed by atoms with Crippen molar-refractivity contribution in [2.75, 3.05) is 14.2 Å². The predicted octanol–water partition coefficient (Wildman–Crippen LogP) is 3.51. The Kier molecular flexibility index (Phi) is 3.98. The summed E-state index contributed by atoms with van der Waals surface area (Å²) < 4.78 is 37.8. The van der Waals surface area contributed by atoms with Crippen molar-refractivity contribution < 1.29 is 23.0 Å². The van der Waals surface area contributed by atoms with Crippen molar-refractivity contribution in [2.24, 2.45) is 0 Å². The zero-order valence-corrected chi connectivity index (χ0v) is 10.9. The monoisotopic (exact) mass is 278 g/mol. The van der Waals surface area contributed by atoms with Crippen LogP contribution in [-0.2, 0) is 4.79 Å². The summed E-state index contributed by atoms with van der Waals surface area (Å²) in [6.45, 7) is 0. The maximum Gasteiger partial charge on any atom is 0.178 e. The smallest absolute Gasteiger partial charge is 0.178 e. The number of rotatable bonds is 4. The molecule has 0 N–H and O–H groups in total. The Morgan fingerprint density at radius 3 is 2.15 bits per heavy atom. The Bertz CT molecular complexity index is 693. The van der Waals surface area contributed by atoms with E-state index in [1.807, 2.05) is 0 Å². The van der Waals surface area contributed by atoms with Gasteiger partial charge in [0.15, 0.2) is 23.7 Å². The van der Waals surface area contributed by atoms with Crippen LogP contribution in [0.5, 0.6) is 11.5 Å². The fourth-order valence-electron chi connectivity index (χ4n) is 2.08. The van der Waals surface area contributed by atoms with E-state index in [2.05, 4.69) is 0 Å². The summed E-state index contributed by atoms with van der Waals surface area (Å²) >= 11 is 0. The molecule has 0 saturated carbocycles. The molecule has 0 atom stereocenters. The number of benzene rings is 2. The van der Waals surface area contributed by atoms with Gasteiger partial charge >= 0.3 is 0 Å². The first-order valence-corrected chi connectivity index (χ1v) is 5.78. The van der Waals surface area contributed by atoms with Gasteiger partial charge in [-0.15, -0.1) is 0 Å². The second-order valence-corrected chi connectivity index (χ2v) is 3.99. The molecule has 104 valence electrons. The number of carbonyl (C=O) groups is 1. The van der Waals surface area contributed by atoms with Crippen LogP contribution in [0.2, 0.25) is 0 Å². The van der Waals surface area contributed by atoms with Gasteiger partial charge in [-0.1, -0.05) is 24.3 Å². The molecule has 0 fully saturated rings. The Labute approximate surface area is 114 Å². The van der Waals surface area contributed by atoms with Crippen LogP contribution < -0.4 is 9.47 Å². The summed E-state index contributed by atoms with van der Waals surface area (Å²) in [5, 5.41) is 1.08. The molecule has 0 heterocycles. The highest BCUT2D eigenvalue weighted by Gasteiger charge is 2.20. The molecule has 0 spiro atoms. The lowest BCUT2D eigenvalue weighted by molar-refractivity contribution is -0.106. The number of hydrogen-bond donors (Lipinski definition) is 0. The van der Waals surface area contributed by atoms with Crippen LogP contribution in [0, 0.1) is 5.82 Å². The summed E-state index contributed by atoms with van der Waals surface area (Å²) in [5.74, 6) is -1.75. The molecular formula is C15H12F2O3. The Balaban J connectivity index is 2.92. The highest BCUT2D eigenvalue weighted by Crippen LogP contribution is 2.40. The van der Waals surface area contributed by atoms with E-state index >= 15 is 0 Å². The van der Waals surface area contributed by atoms with E-state index in [9.17, 15) is 13.6 Å². The largest absolute Gasteiger partial charge is 0.495 e. The fourth-order valence-corrected chi connectivity index (χ4v) is 2.08. The van der Waals surface area contributed by atoms with Crippen LogP contribution in [0.25, 0.3) is 16.8 Å². The predicted molar refractivity (Wildman–Crippen MR) is 72.2 cm³/mol. The van der Waals surface area contributed by atoms with Crippen LogP contribution in [0.15, 0.2) is 30.1 Å². The number of fused-ring (bicyclic) bond motifs is 1. The highest BCUT2D eigenvalue weighted by molar-refractivity contribution is 5.97. The maximum absolute atomic E-state index is 14.4. The van der Waals surface area contributed by atoms with E-state index < -0.39 is 11.6 Å². The van der Waals surface area contributed by atoms with Gasteiger partial charge in [0.05, 0.1) is 19.8 Å². The zero-order valence-electron chi connectivity index (χ0n) is 10.9. The van der Waals surface area contributed by atoms with Gasteiger partial charge in [-0.3, -0.25) is 4.79 Å². The van der Waals surface area contributed by atoms with E-state index in [0.717, 1.165) is 6.08 Å². The molecule has 20 heavy (non-hydrogen) atoms. The number of hydrogen-bond acceptors (Lipinski definition) is 3. The summed E-state index contributed by atoms with van der Waals surface area (Å²) in [7, 11) is 2.67. The number of aldehydes is 1. The topological polar surface area (TPSA) is 35.5 Å². The first-order chi connectivity index (χ1) is 9.63. The van der Waals surface area contributed by atoms with E-state index in [1.165, 1.54) is 14.2 Å². The number of carbonyl (C=O) groups excluding carboxylic acids is 1. The first-order valence-electron chi connectivity index (χ1n) is 5.78. The first kappa shape index (κ1) is 14.0. The molecular weight excluding hydrogens is 266 g/mol. The third kappa shape index (κ3) is 2.22. The van der Waals surface area contributed by atoms with Crippen LogP contribution in [0.1, 0.15) is 5.56 Å². The minimum Gasteiger partial charge on any atom is -0.495 e. The minimum atomic E-state index is -1.10. The molecule has 0 aliphatic rings. The molecule has 0 saturated heterocycles. The van der Waals surface area contributed by atoms with E-state index in [-0.39, 0.29) is 23.3 Å². The van der Waals surface area contributed by atoms with Gasteiger partial charge in [-0.25, -0.2) is 8.78 Å². The van der Waals surface area contributed by atoms with Gasteiger partial charge in [-0.05, 0) is 6.08 Å². The van der Waals surface area contributed by atoms with E-state index in [1.54, 1.807) is 24.3 Å². The average Bonchev–Trinajstić information content (AvgIpc) is 2.48. The van der Waals surface area contributed by atoms with Gasteiger partial charge in [0.2, 0.25) is 0 Å². The van der Waals surface area contributed by atoms with Gasteiger partial charge in [0.25, 0.3) is 0 Å². The number of methoxy groups -OCH3 is 2. The Morgan fingerprint density at radius 2 is 1.65 bits per heavy atom. The lowest BCUT2D eigenvalue weighted by Crippen LogP contribution is -1.98. The summed E-state index contributed by atoms with van der Waals surface area (Å²) in [6, 6.07) is 6.84. The van der Waals surface area contributed by atoms with Crippen LogP contribution in [0.4, 0.5) is 8.78 Å². The van der Waals surface area contributed by atoms with Gasteiger partial charge < -0.3 is 9.47 Å². The van der Waals surface area contributed by atoms with Crippen molar-refractivity contribution in [2.45, 2.75) is 0 Å².